The zero-order chi connectivity index (χ0) is 14.7. The average Bonchev–Trinajstić information content (AvgIpc) is 2.49. The van der Waals surface area contributed by atoms with Crippen LogP contribution >= 0.6 is 0 Å². The number of piperazine rings is 1. The van der Waals surface area contributed by atoms with Crippen molar-refractivity contribution in [2.75, 3.05) is 39.0 Å². The normalized spacial score (nSPS) is 28.4. The molecular formula is C17H27N3O. The Balaban J connectivity index is 1.66. The highest BCUT2D eigenvalue weighted by Crippen LogP contribution is 2.28. The van der Waals surface area contributed by atoms with Crippen LogP contribution in [0.25, 0.3) is 0 Å². The van der Waals surface area contributed by atoms with Gasteiger partial charge < -0.3 is 15.4 Å². The summed E-state index contributed by atoms with van der Waals surface area (Å²) in [7, 11) is 2.21. The molecule has 1 aliphatic carbocycles. The third-order valence-electron chi connectivity index (χ3n) is 4.82. The van der Waals surface area contributed by atoms with E-state index in [1.54, 1.807) is 0 Å². The summed E-state index contributed by atoms with van der Waals surface area (Å²) in [5.41, 5.74) is 6.64. The number of likely N-dealkylation sites (N-methyl/N-ethyl adjacent to an activating group) is 1. The summed E-state index contributed by atoms with van der Waals surface area (Å²) in [6.07, 6.45) is 5.33. The van der Waals surface area contributed by atoms with Crippen molar-refractivity contribution in [2.24, 2.45) is 0 Å². The van der Waals surface area contributed by atoms with E-state index in [-0.39, 0.29) is 0 Å². The van der Waals surface area contributed by atoms with E-state index in [0.29, 0.717) is 12.1 Å². The minimum atomic E-state index is 0.309. The quantitative estimate of drug-likeness (QED) is 0.866. The van der Waals surface area contributed by atoms with Gasteiger partial charge in [-0.3, -0.25) is 4.90 Å². The van der Waals surface area contributed by atoms with Crippen LogP contribution in [0.2, 0.25) is 0 Å². The van der Waals surface area contributed by atoms with E-state index in [1.807, 2.05) is 24.3 Å². The van der Waals surface area contributed by atoms with Crippen molar-refractivity contribution >= 4 is 5.69 Å². The predicted molar refractivity (Wildman–Crippen MR) is 86.6 cm³/mol. The van der Waals surface area contributed by atoms with Gasteiger partial charge in [0, 0.05) is 44.0 Å². The summed E-state index contributed by atoms with van der Waals surface area (Å²) in [4.78, 5) is 5.04. The number of anilines is 1. The molecule has 0 bridgehead atoms. The number of hydrogen-bond donors (Lipinski definition) is 1. The molecule has 2 N–H and O–H groups in total. The molecule has 2 aliphatic rings. The molecule has 2 fully saturated rings. The number of nitrogen functional groups attached to an aromatic ring is 1. The highest BCUT2D eigenvalue weighted by molar-refractivity contribution is 5.43. The lowest BCUT2D eigenvalue weighted by molar-refractivity contribution is 0.0130. The number of benzene rings is 1. The average molecular weight is 289 g/mol. The maximum Gasteiger partial charge on any atom is 0.121 e. The fourth-order valence-corrected chi connectivity index (χ4v) is 3.55. The van der Waals surface area contributed by atoms with Gasteiger partial charge >= 0.3 is 0 Å². The van der Waals surface area contributed by atoms with Crippen LogP contribution in [0, 0.1) is 0 Å². The lowest BCUT2D eigenvalue weighted by Gasteiger charge is -2.43. The van der Waals surface area contributed by atoms with Gasteiger partial charge in [0.05, 0.1) is 0 Å². The van der Waals surface area contributed by atoms with Crippen molar-refractivity contribution in [3.63, 3.8) is 0 Å². The molecule has 1 heterocycles. The van der Waals surface area contributed by atoms with Gasteiger partial charge in [0.1, 0.15) is 11.9 Å². The first kappa shape index (κ1) is 14.7. The predicted octanol–water partition coefficient (Wildman–Crippen LogP) is 2.21. The zero-order valence-electron chi connectivity index (χ0n) is 13.0. The number of rotatable bonds is 3. The second-order valence-corrected chi connectivity index (χ2v) is 6.42. The maximum atomic E-state index is 6.29. The van der Waals surface area contributed by atoms with Crippen molar-refractivity contribution in [1.82, 2.24) is 9.80 Å². The van der Waals surface area contributed by atoms with E-state index in [4.69, 9.17) is 10.5 Å². The topological polar surface area (TPSA) is 41.7 Å². The van der Waals surface area contributed by atoms with Crippen LogP contribution in [0.5, 0.6) is 5.75 Å². The van der Waals surface area contributed by atoms with E-state index in [0.717, 1.165) is 30.9 Å². The first-order valence-electron chi connectivity index (χ1n) is 8.17. The number of nitrogens with two attached hydrogens (primary N) is 1. The van der Waals surface area contributed by atoms with Crippen molar-refractivity contribution in [3.05, 3.63) is 24.3 Å². The van der Waals surface area contributed by atoms with Gasteiger partial charge in [-0.05, 0) is 38.4 Å². The molecule has 0 radical (unpaired) electrons. The minimum absolute atomic E-state index is 0.309. The van der Waals surface area contributed by atoms with Crippen molar-refractivity contribution < 1.29 is 4.74 Å². The van der Waals surface area contributed by atoms with Gasteiger partial charge in [-0.2, -0.15) is 0 Å². The lowest BCUT2D eigenvalue weighted by atomic mass is 9.90. The molecule has 1 aromatic rings. The van der Waals surface area contributed by atoms with E-state index < -0.39 is 0 Å². The molecule has 21 heavy (non-hydrogen) atoms. The van der Waals surface area contributed by atoms with Crippen molar-refractivity contribution in [1.29, 1.82) is 0 Å². The summed E-state index contributed by atoms with van der Waals surface area (Å²) in [5.74, 6) is 0.918. The second kappa shape index (κ2) is 6.67. The van der Waals surface area contributed by atoms with E-state index >= 15 is 0 Å². The summed E-state index contributed by atoms with van der Waals surface area (Å²) >= 11 is 0. The molecule has 1 saturated carbocycles. The highest BCUT2D eigenvalue weighted by Gasteiger charge is 2.32. The molecule has 1 aromatic carbocycles. The lowest BCUT2D eigenvalue weighted by Crippen LogP contribution is -2.54. The summed E-state index contributed by atoms with van der Waals surface area (Å²) in [6, 6.07) is 8.40. The molecule has 4 nitrogen and oxygen atoms in total. The molecule has 1 saturated heterocycles. The van der Waals surface area contributed by atoms with Gasteiger partial charge in [0.2, 0.25) is 0 Å². The fraction of sp³-hybridized carbons (Fsp3) is 0.647. The molecule has 0 amide bonds. The Morgan fingerprint density at radius 1 is 1.10 bits per heavy atom. The van der Waals surface area contributed by atoms with Gasteiger partial charge in [-0.1, -0.05) is 12.5 Å². The maximum absolute atomic E-state index is 6.29. The van der Waals surface area contributed by atoms with Crippen LogP contribution < -0.4 is 10.5 Å². The van der Waals surface area contributed by atoms with E-state index in [2.05, 4.69) is 16.8 Å². The molecular weight excluding hydrogens is 262 g/mol. The van der Waals surface area contributed by atoms with Crippen LogP contribution in [0.4, 0.5) is 5.69 Å². The first-order valence-corrected chi connectivity index (χ1v) is 8.17. The third kappa shape index (κ3) is 3.69. The van der Waals surface area contributed by atoms with Crippen LogP contribution in [0.3, 0.4) is 0 Å². The Morgan fingerprint density at radius 3 is 2.62 bits per heavy atom. The molecule has 3 rings (SSSR count). The summed E-state index contributed by atoms with van der Waals surface area (Å²) in [5, 5.41) is 0. The highest BCUT2D eigenvalue weighted by atomic mass is 16.5. The van der Waals surface area contributed by atoms with E-state index in [1.165, 1.54) is 32.4 Å². The Kier molecular flexibility index (Phi) is 4.66. The zero-order valence-corrected chi connectivity index (χ0v) is 13.0. The Hall–Kier alpha value is -1.26. The first-order chi connectivity index (χ1) is 10.2. The molecule has 4 heteroatoms. The van der Waals surface area contributed by atoms with Gasteiger partial charge in [-0.25, -0.2) is 0 Å². The minimum Gasteiger partial charge on any atom is -0.489 e. The Bertz CT molecular complexity index is 457. The smallest absolute Gasteiger partial charge is 0.121 e. The van der Waals surface area contributed by atoms with Crippen LogP contribution in [-0.2, 0) is 0 Å². The van der Waals surface area contributed by atoms with Gasteiger partial charge in [0.15, 0.2) is 0 Å². The summed E-state index contributed by atoms with van der Waals surface area (Å²) < 4.78 is 6.29. The largest absolute Gasteiger partial charge is 0.489 e. The Morgan fingerprint density at radius 2 is 1.86 bits per heavy atom. The SMILES string of the molecule is CN1CCN(C2CCCCC2Oc2cccc(N)c2)CC1. The molecule has 0 spiro atoms. The molecule has 0 aromatic heterocycles. The number of hydrogen-bond acceptors (Lipinski definition) is 4. The van der Waals surface area contributed by atoms with Gasteiger partial charge in [0.25, 0.3) is 0 Å². The van der Waals surface area contributed by atoms with Crippen LogP contribution in [-0.4, -0.2) is 55.2 Å². The number of ether oxygens (including phenoxy) is 1. The Labute approximate surface area is 127 Å². The molecule has 2 unspecified atom stereocenters. The monoisotopic (exact) mass is 289 g/mol. The van der Waals surface area contributed by atoms with Crippen molar-refractivity contribution in [3.8, 4) is 5.75 Å². The molecule has 2 atom stereocenters. The molecule has 1 aliphatic heterocycles. The standard InChI is InChI=1S/C17H27N3O/c1-19-9-11-20(12-10-19)16-7-2-3-8-17(16)21-15-6-4-5-14(18)13-15/h4-6,13,16-17H,2-3,7-12,18H2,1H3. The van der Waals surface area contributed by atoms with Crippen LogP contribution in [0.15, 0.2) is 24.3 Å². The number of nitrogens with zero attached hydrogens (tertiary/aromatic N) is 2. The third-order valence-corrected chi connectivity index (χ3v) is 4.82. The van der Waals surface area contributed by atoms with Crippen molar-refractivity contribution in [2.45, 2.75) is 37.8 Å². The fourth-order valence-electron chi connectivity index (χ4n) is 3.55. The van der Waals surface area contributed by atoms with Crippen LogP contribution in [0.1, 0.15) is 25.7 Å². The summed E-state index contributed by atoms with van der Waals surface area (Å²) in [6.45, 7) is 4.67. The second-order valence-electron chi connectivity index (χ2n) is 6.42. The van der Waals surface area contributed by atoms with E-state index in [9.17, 15) is 0 Å². The van der Waals surface area contributed by atoms with Gasteiger partial charge in [-0.15, -0.1) is 0 Å². The molecule has 116 valence electrons.